The summed E-state index contributed by atoms with van der Waals surface area (Å²) >= 11 is 6.48. The number of pyridine rings is 1. The van der Waals surface area contributed by atoms with Gasteiger partial charge in [0.25, 0.3) is 5.91 Å². The number of allylic oxidation sites excluding steroid dienone is 1. The number of nitrogens with two attached hydrogens (primary N) is 1. The van der Waals surface area contributed by atoms with Crippen molar-refractivity contribution < 1.29 is 9.53 Å². The Labute approximate surface area is 163 Å². The highest BCUT2D eigenvalue weighted by atomic mass is 35.5. The number of ether oxygens (including phenoxy) is 1. The van der Waals surface area contributed by atoms with Crippen molar-refractivity contribution in [1.29, 1.82) is 0 Å². The number of hydrogen-bond donors (Lipinski definition) is 2. The second-order valence-corrected chi connectivity index (χ2v) is 6.59. The van der Waals surface area contributed by atoms with Crippen LogP contribution >= 0.6 is 11.6 Å². The van der Waals surface area contributed by atoms with Crippen molar-refractivity contribution in [2.75, 3.05) is 20.2 Å². The zero-order valence-electron chi connectivity index (χ0n) is 15.3. The molecule has 140 valence electrons. The van der Waals surface area contributed by atoms with Crippen LogP contribution in [0.3, 0.4) is 0 Å². The third kappa shape index (κ3) is 4.11. The minimum atomic E-state index is -0.172. The third-order valence-corrected chi connectivity index (χ3v) is 4.83. The molecule has 1 amide bonds. The van der Waals surface area contributed by atoms with E-state index in [0.717, 1.165) is 16.7 Å². The summed E-state index contributed by atoms with van der Waals surface area (Å²) in [4.78, 5) is 20.6. The smallest absolute Gasteiger partial charge is 0.255 e. The fourth-order valence-corrected chi connectivity index (χ4v) is 3.12. The summed E-state index contributed by atoms with van der Waals surface area (Å²) in [7, 11) is 1.68. The fraction of sp³-hybridized carbons (Fsp3) is 0.250. The van der Waals surface area contributed by atoms with E-state index in [0.29, 0.717) is 47.3 Å². The number of hydrogen-bond acceptors (Lipinski definition) is 5. The first-order valence-corrected chi connectivity index (χ1v) is 8.95. The Hall–Kier alpha value is -2.86. The summed E-state index contributed by atoms with van der Waals surface area (Å²) < 4.78 is 5.65. The molecule has 0 fully saturated rings. The van der Waals surface area contributed by atoms with Crippen LogP contribution in [0, 0.1) is 6.92 Å². The molecule has 3 rings (SSSR count). The highest BCUT2D eigenvalue weighted by Gasteiger charge is 2.22. The van der Waals surface area contributed by atoms with E-state index in [-0.39, 0.29) is 5.91 Å². The SMILES string of the molecule is CN=C/C=C(\N)c1ccc(Cc2cc3c(c(Cl)c2C)OCCNC3=O)cn1. The predicted molar refractivity (Wildman–Crippen MR) is 108 cm³/mol. The molecule has 27 heavy (non-hydrogen) atoms. The Morgan fingerprint density at radius 2 is 2.30 bits per heavy atom. The number of fused-ring (bicyclic) bond motifs is 1. The maximum Gasteiger partial charge on any atom is 0.255 e. The van der Waals surface area contributed by atoms with Gasteiger partial charge >= 0.3 is 0 Å². The van der Waals surface area contributed by atoms with Crippen LogP contribution in [-0.2, 0) is 6.42 Å². The zero-order chi connectivity index (χ0) is 19.4. The van der Waals surface area contributed by atoms with E-state index in [4.69, 9.17) is 22.1 Å². The number of nitrogens with zero attached hydrogens (tertiary/aromatic N) is 2. The van der Waals surface area contributed by atoms with Crippen molar-refractivity contribution in [3.8, 4) is 5.75 Å². The number of carbonyl (C=O) groups excluding carboxylic acids is 1. The Balaban J connectivity index is 1.90. The summed E-state index contributed by atoms with van der Waals surface area (Å²) in [6.45, 7) is 2.79. The van der Waals surface area contributed by atoms with E-state index < -0.39 is 0 Å². The van der Waals surface area contributed by atoms with Gasteiger partial charge in [-0.25, -0.2) is 0 Å². The van der Waals surface area contributed by atoms with Crippen LogP contribution in [0.5, 0.6) is 5.75 Å². The van der Waals surface area contributed by atoms with Crippen molar-refractivity contribution in [3.63, 3.8) is 0 Å². The first kappa shape index (κ1) is 18.9. The highest BCUT2D eigenvalue weighted by Crippen LogP contribution is 2.36. The van der Waals surface area contributed by atoms with E-state index in [2.05, 4.69) is 15.3 Å². The molecule has 1 aromatic heterocycles. The number of benzene rings is 1. The molecule has 2 aromatic rings. The monoisotopic (exact) mass is 384 g/mol. The molecule has 0 saturated carbocycles. The van der Waals surface area contributed by atoms with Crippen LogP contribution in [0.4, 0.5) is 0 Å². The molecule has 1 aliphatic heterocycles. The van der Waals surface area contributed by atoms with Crippen molar-refractivity contribution in [1.82, 2.24) is 10.3 Å². The average molecular weight is 385 g/mol. The Bertz CT molecular complexity index is 921. The number of aliphatic imine (C=N–C) groups is 1. The number of halogens is 1. The lowest BCUT2D eigenvalue weighted by molar-refractivity contribution is 0.0957. The molecule has 0 bridgehead atoms. The van der Waals surface area contributed by atoms with Gasteiger partial charge in [-0.05, 0) is 48.2 Å². The summed E-state index contributed by atoms with van der Waals surface area (Å²) in [6, 6.07) is 5.67. The number of carbonyl (C=O) groups is 1. The standard InChI is InChI=1S/C20H21ClN4O2/c1-12-14(10-15-19(18(12)21)27-8-7-24-20(15)26)9-13-3-4-17(25-11-13)16(22)5-6-23-2/h3-6,10-11H,7-9,22H2,1-2H3,(H,24,26)/b16-5-,23-6?. The molecule has 7 heteroatoms. The molecule has 2 heterocycles. The fourth-order valence-electron chi connectivity index (χ4n) is 2.84. The van der Waals surface area contributed by atoms with Crippen molar-refractivity contribution in [3.05, 3.63) is 63.4 Å². The zero-order valence-corrected chi connectivity index (χ0v) is 16.0. The second-order valence-electron chi connectivity index (χ2n) is 6.21. The molecule has 1 aromatic carbocycles. The number of rotatable bonds is 4. The van der Waals surface area contributed by atoms with Gasteiger partial charge in [0, 0.05) is 19.5 Å². The van der Waals surface area contributed by atoms with Crippen LogP contribution in [0.2, 0.25) is 5.02 Å². The first-order valence-electron chi connectivity index (χ1n) is 8.57. The van der Waals surface area contributed by atoms with Gasteiger partial charge in [0.1, 0.15) is 6.61 Å². The molecule has 0 saturated heterocycles. The molecule has 0 spiro atoms. The number of nitrogens with one attached hydrogen (secondary N) is 1. The molecule has 1 aliphatic rings. The third-order valence-electron chi connectivity index (χ3n) is 4.37. The predicted octanol–water partition coefficient (Wildman–Crippen LogP) is 2.76. The van der Waals surface area contributed by atoms with Gasteiger partial charge in [0.15, 0.2) is 5.75 Å². The van der Waals surface area contributed by atoms with Gasteiger partial charge in [-0.2, -0.15) is 0 Å². The van der Waals surface area contributed by atoms with Crippen LogP contribution in [0.15, 0.2) is 35.5 Å². The Morgan fingerprint density at radius 1 is 1.48 bits per heavy atom. The molecule has 3 N–H and O–H groups in total. The quantitative estimate of drug-likeness (QED) is 0.793. The van der Waals surface area contributed by atoms with Gasteiger partial charge in [-0.15, -0.1) is 0 Å². The average Bonchev–Trinajstić information content (AvgIpc) is 2.86. The first-order chi connectivity index (χ1) is 13.0. The van der Waals surface area contributed by atoms with Crippen molar-refractivity contribution in [2.45, 2.75) is 13.3 Å². The number of amides is 1. The van der Waals surface area contributed by atoms with Crippen molar-refractivity contribution in [2.24, 2.45) is 10.7 Å². The topological polar surface area (TPSA) is 89.6 Å². The maximum absolute atomic E-state index is 12.3. The Morgan fingerprint density at radius 3 is 3.00 bits per heavy atom. The highest BCUT2D eigenvalue weighted by molar-refractivity contribution is 6.33. The van der Waals surface area contributed by atoms with Gasteiger partial charge in [0.2, 0.25) is 0 Å². The molecule has 0 radical (unpaired) electrons. The van der Waals surface area contributed by atoms with E-state index in [1.807, 2.05) is 25.1 Å². The van der Waals surface area contributed by atoms with Crippen LogP contribution in [-0.4, -0.2) is 37.3 Å². The molecule has 0 unspecified atom stereocenters. The maximum atomic E-state index is 12.3. The van der Waals surface area contributed by atoms with E-state index >= 15 is 0 Å². The molecular formula is C20H21ClN4O2. The van der Waals surface area contributed by atoms with Crippen LogP contribution < -0.4 is 15.8 Å². The van der Waals surface area contributed by atoms with Gasteiger partial charge in [-0.3, -0.25) is 14.8 Å². The second kappa shape index (κ2) is 8.22. The molecule has 6 nitrogen and oxygen atoms in total. The molecule has 0 aliphatic carbocycles. The van der Waals surface area contributed by atoms with Gasteiger partial charge in [-0.1, -0.05) is 17.7 Å². The van der Waals surface area contributed by atoms with E-state index in [1.54, 1.807) is 25.5 Å². The Kier molecular flexibility index (Phi) is 5.76. The summed E-state index contributed by atoms with van der Waals surface area (Å²) in [6.07, 6.45) is 5.70. The van der Waals surface area contributed by atoms with Gasteiger partial charge < -0.3 is 15.8 Å². The van der Waals surface area contributed by atoms with Crippen molar-refractivity contribution >= 4 is 29.4 Å². The lowest BCUT2D eigenvalue weighted by Gasteiger charge is -2.15. The van der Waals surface area contributed by atoms with Crippen LogP contribution in [0.25, 0.3) is 5.70 Å². The summed E-state index contributed by atoms with van der Waals surface area (Å²) in [5.74, 6) is 0.284. The summed E-state index contributed by atoms with van der Waals surface area (Å²) in [5, 5.41) is 3.29. The normalized spacial score (nSPS) is 14.5. The minimum absolute atomic E-state index is 0.172. The minimum Gasteiger partial charge on any atom is -0.489 e. The van der Waals surface area contributed by atoms with E-state index in [9.17, 15) is 4.79 Å². The van der Waals surface area contributed by atoms with Gasteiger partial charge in [0.05, 0.1) is 28.5 Å². The lowest BCUT2D eigenvalue weighted by atomic mass is 9.97. The summed E-state index contributed by atoms with van der Waals surface area (Å²) in [5.41, 5.74) is 10.5. The largest absolute Gasteiger partial charge is 0.489 e. The van der Waals surface area contributed by atoms with E-state index in [1.165, 1.54) is 0 Å². The molecular weight excluding hydrogens is 364 g/mol. The molecule has 0 atom stereocenters. The lowest BCUT2D eigenvalue weighted by Crippen LogP contribution is -2.24. The number of aromatic nitrogens is 1. The van der Waals surface area contributed by atoms with Crippen LogP contribution in [0.1, 0.15) is 32.7 Å².